The lowest BCUT2D eigenvalue weighted by Gasteiger charge is -2.08. The van der Waals surface area contributed by atoms with Crippen LogP contribution in [0, 0.1) is 10.1 Å². The highest BCUT2D eigenvalue weighted by molar-refractivity contribution is 7.09. The SMILES string of the molecule is O=C(COC(=O)c1ccc(NC2CC2)c([N+](=O)[O-])c1)NCc1cccs1. The van der Waals surface area contributed by atoms with Gasteiger partial charge in [0.15, 0.2) is 6.61 Å². The lowest BCUT2D eigenvalue weighted by molar-refractivity contribution is -0.384. The molecule has 0 radical (unpaired) electrons. The van der Waals surface area contributed by atoms with Crippen LogP contribution in [0.4, 0.5) is 11.4 Å². The number of nitro benzene ring substituents is 1. The van der Waals surface area contributed by atoms with Crippen molar-refractivity contribution in [2.24, 2.45) is 0 Å². The van der Waals surface area contributed by atoms with Gasteiger partial charge in [-0.2, -0.15) is 0 Å². The Bertz CT molecular complexity index is 818. The van der Waals surface area contributed by atoms with E-state index in [1.54, 1.807) is 0 Å². The Morgan fingerprint density at radius 2 is 2.12 bits per heavy atom. The molecule has 9 heteroatoms. The molecule has 26 heavy (non-hydrogen) atoms. The van der Waals surface area contributed by atoms with E-state index in [1.807, 2.05) is 17.5 Å². The van der Waals surface area contributed by atoms with Gasteiger partial charge in [0.1, 0.15) is 5.69 Å². The van der Waals surface area contributed by atoms with Crippen molar-refractivity contribution in [2.45, 2.75) is 25.4 Å². The van der Waals surface area contributed by atoms with Crippen LogP contribution in [0.3, 0.4) is 0 Å². The summed E-state index contributed by atoms with van der Waals surface area (Å²) in [5.74, 6) is -1.22. The number of hydrogen-bond acceptors (Lipinski definition) is 7. The number of benzene rings is 1. The van der Waals surface area contributed by atoms with E-state index < -0.39 is 23.4 Å². The van der Waals surface area contributed by atoms with Gasteiger partial charge in [0.2, 0.25) is 0 Å². The number of carbonyl (C=O) groups is 2. The minimum atomic E-state index is -0.780. The summed E-state index contributed by atoms with van der Waals surface area (Å²) in [4.78, 5) is 35.4. The van der Waals surface area contributed by atoms with Crippen molar-refractivity contribution in [1.29, 1.82) is 0 Å². The van der Waals surface area contributed by atoms with Crippen molar-refractivity contribution in [2.75, 3.05) is 11.9 Å². The molecule has 2 N–H and O–H groups in total. The minimum absolute atomic E-state index is 0.0316. The third-order valence-electron chi connectivity index (χ3n) is 3.74. The maximum atomic E-state index is 12.1. The molecule has 0 aliphatic heterocycles. The predicted molar refractivity (Wildman–Crippen MR) is 96.2 cm³/mol. The molecular formula is C17H17N3O5S. The molecule has 1 amide bonds. The zero-order valence-corrected chi connectivity index (χ0v) is 14.6. The van der Waals surface area contributed by atoms with Gasteiger partial charge in [-0.3, -0.25) is 14.9 Å². The van der Waals surface area contributed by atoms with Gasteiger partial charge in [-0.05, 0) is 36.4 Å². The molecular weight excluding hydrogens is 358 g/mol. The summed E-state index contributed by atoms with van der Waals surface area (Å²) in [7, 11) is 0. The Kier molecular flexibility index (Phi) is 5.47. The van der Waals surface area contributed by atoms with Gasteiger partial charge in [0.05, 0.1) is 17.0 Å². The first-order chi connectivity index (χ1) is 12.5. The molecule has 8 nitrogen and oxygen atoms in total. The second kappa shape index (κ2) is 7.96. The standard InChI is InChI=1S/C17H17N3O5S/c21-16(18-9-13-2-1-7-26-13)10-25-17(22)11-3-6-14(19-12-4-5-12)15(8-11)20(23)24/h1-3,6-8,12,19H,4-5,9-10H2,(H,18,21). The summed E-state index contributed by atoms with van der Waals surface area (Å²) >= 11 is 1.51. The van der Waals surface area contributed by atoms with E-state index >= 15 is 0 Å². The largest absolute Gasteiger partial charge is 0.452 e. The molecule has 0 spiro atoms. The molecule has 0 bridgehead atoms. The Morgan fingerprint density at radius 1 is 1.31 bits per heavy atom. The number of carbonyl (C=O) groups excluding carboxylic acids is 2. The van der Waals surface area contributed by atoms with E-state index in [2.05, 4.69) is 10.6 Å². The number of esters is 1. The Balaban J connectivity index is 1.55. The normalized spacial score (nSPS) is 13.1. The number of thiophene rings is 1. The summed E-state index contributed by atoms with van der Waals surface area (Å²) in [5.41, 5.74) is 0.223. The van der Waals surface area contributed by atoms with Gasteiger partial charge in [-0.25, -0.2) is 4.79 Å². The molecule has 0 atom stereocenters. The fraction of sp³-hybridized carbons (Fsp3) is 0.294. The second-order valence-electron chi connectivity index (χ2n) is 5.84. The van der Waals surface area contributed by atoms with Crippen LogP contribution in [0.25, 0.3) is 0 Å². The number of rotatable bonds is 8. The Morgan fingerprint density at radius 3 is 2.77 bits per heavy atom. The third kappa shape index (κ3) is 4.79. The molecule has 3 rings (SSSR count). The number of ether oxygens (including phenoxy) is 1. The number of nitrogens with zero attached hydrogens (tertiary/aromatic N) is 1. The lowest BCUT2D eigenvalue weighted by Crippen LogP contribution is -2.28. The first kappa shape index (κ1) is 17.9. The average molecular weight is 375 g/mol. The van der Waals surface area contributed by atoms with Crippen LogP contribution in [-0.4, -0.2) is 29.4 Å². The second-order valence-corrected chi connectivity index (χ2v) is 6.87. The van der Waals surface area contributed by atoms with Crippen LogP contribution in [0.2, 0.25) is 0 Å². The number of amides is 1. The fourth-order valence-electron chi connectivity index (χ4n) is 2.24. The molecule has 0 saturated heterocycles. The Hall–Kier alpha value is -2.94. The molecule has 1 fully saturated rings. The molecule has 1 aromatic heterocycles. The first-order valence-corrected chi connectivity index (χ1v) is 8.92. The third-order valence-corrected chi connectivity index (χ3v) is 4.62. The van der Waals surface area contributed by atoms with Crippen LogP contribution in [0.1, 0.15) is 28.1 Å². The highest BCUT2D eigenvalue weighted by Crippen LogP contribution is 2.31. The molecule has 1 aliphatic rings. The molecule has 0 unspecified atom stereocenters. The van der Waals surface area contributed by atoms with Crippen LogP contribution in [0.5, 0.6) is 0 Å². The van der Waals surface area contributed by atoms with Crippen molar-refractivity contribution in [3.8, 4) is 0 Å². The zero-order valence-electron chi connectivity index (χ0n) is 13.8. The Labute approximate surface area is 153 Å². The smallest absolute Gasteiger partial charge is 0.338 e. The van der Waals surface area contributed by atoms with Gasteiger partial charge in [0.25, 0.3) is 11.6 Å². The van der Waals surface area contributed by atoms with E-state index in [-0.39, 0.29) is 17.3 Å². The van der Waals surface area contributed by atoms with E-state index in [0.29, 0.717) is 12.2 Å². The highest BCUT2D eigenvalue weighted by Gasteiger charge is 2.26. The minimum Gasteiger partial charge on any atom is -0.452 e. The van der Waals surface area contributed by atoms with Gasteiger partial charge >= 0.3 is 5.97 Å². The van der Waals surface area contributed by atoms with Crippen LogP contribution < -0.4 is 10.6 Å². The molecule has 1 aliphatic carbocycles. The zero-order chi connectivity index (χ0) is 18.5. The van der Waals surface area contributed by atoms with Crippen LogP contribution in [0.15, 0.2) is 35.7 Å². The average Bonchev–Trinajstić information content (AvgIpc) is 3.29. The predicted octanol–water partition coefficient (Wildman–Crippen LogP) is 2.70. The molecule has 1 heterocycles. The van der Waals surface area contributed by atoms with E-state index in [1.165, 1.54) is 23.5 Å². The van der Waals surface area contributed by atoms with Crippen molar-refractivity contribution >= 4 is 34.6 Å². The molecule has 2 aromatic rings. The lowest BCUT2D eigenvalue weighted by atomic mass is 10.1. The highest BCUT2D eigenvalue weighted by atomic mass is 32.1. The number of nitro groups is 1. The summed E-state index contributed by atoms with van der Waals surface area (Å²) in [6.45, 7) is -0.0822. The maximum absolute atomic E-state index is 12.1. The molecule has 136 valence electrons. The summed E-state index contributed by atoms with van der Waals surface area (Å²) < 4.78 is 4.94. The van der Waals surface area contributed by atoms with Gasteiger partial charge in [0, 0.05) is 17.0 Å². The van der Waals surface area contributed by atoms with E-state index in [9.17, 15) is 19.7 Å². The number of nitrogens with one attached hydrogen (secondary N) is 2. The number of anilines is 1. The summed E-state index contributed by atoms with van der Waals surface area (Å²) in [6.07, 6.45) is 1.95. The van der Waals surface area contributed by atoms with E-state index in [0.717, 1.165) is 23.8 Å². The monoisotopic (exact) mass is 375 g/mol. The van der Waals surface area contributed by atoms with Crippen LogP contribution >= 0.6 is 11.3 Å². The topological polar surface area (TPSA) is 111 Å². The van der Waals surface area contributed by atoms with Crippen molar-refractivity contribution < 1.29 is 19.2 Å². The van der Waals surface area contributed by atoms with Gasteiger partial charge < -0.3 is 15.4 Å². The van der Waals surface area contributed by atoms with Crippen molar-refractivity contribution in [3.05, 3.63) is 56.3 Å². The van der Waals surface area contributed by atoms with Gasteiger partial charge in [-0.1, -0.05) is 6.07 Å². The number of hydrogen-bond donors (Lipinski definition) is 2. The molecule has 1 saturated carbocycles. The summed E-state index contributed by atoms with van der Waals surface area (Å²) in [5, 5.41) is 18.8. The van der Waals surface area contributed by atoms with Crippen molar-refractivity contribution in [3.63, 3.8) is 0 Å². The fourth-order valence-corrected chi connectivity index (χ4v) is 2.89. The molecule has 1 aromatic carbocycles. The van der Waals surface area contributed by atoms with Gasteiger partial charge in [-0.15, -0.1) is 11.3 Å². The van der Waals surface area contributed by atoms with E-state index in [4.69, 9.17) is 4.74 Å². The van der Waals surface area contributed by atoms with Crippen LogP contribution in [-0.2, 0) is 16.1 Å². The summed E-state index contributed by atoms with van der Waals surface area (Å²) in [6, 6.07) is 8.11. The maximum Gasteiger partial charge on any atom is 0.338 e. The van der Waals surface area contributed by atoms with Crippen molar-refractivity contribution in [1.82, 2.24) is 5.32 Å². The first-order valence-electron chi connectivity index (χ1n) is 8.04. The quantitative estimate of drug-likeness (QED) is 0.417.